The second-order valence-corrected chi connectivity index (χ2v) is 4.06. The van der Waals surface area contributed by atoms with Crippen LogP contribution in [-0.4, -0.2) is 12.0 Å². The molecule has 2 rings (SSSR count). The quantitative estimate of drug-likeness (QED) is 0.853. The number of oxazole rings is 1. The number of nitrogens with zero attached hydrogens (tertiary/aromatic N) is 1. The summed E-state index contributed by atoms with van der Waals surface area (Å²) in [4.78, 5) is 4.30. The molecule has 3 nitrogen and oxygen atoms in total. The van der Waals surface area contributed by atoms with E-state index >= 15 is 0 Å². The summed E-state index contributed by atoms with van der Waals surface area (Å²) in [7, 11) is 1.79. The van der Waals surface area contributed by atoms with Gasteiger partial charge < -0.3 is 9.73 Å². The van der Waals surface area contributed by atoms with E-state index < -0.39 is 0 Å². The number of nitrogens with one attached hydrogen (secondary N) is 1. The average Bonchev–Trinajstić information content (AvgIpc) is 2.77. The fraction of sp³-hybridized carbons (Fsp3) is 0.308. The third-order valence-corrected chi connectivity index (χ3v) is 2.59. The monoisotopic (exact) mass is 216 g/mol. The van der Waals surface area contributed by atoms with Crippen LogP contribution in [0.4, 0.5) is 6.01 Å². The first kappa shape index (κ1) is 10.7. The third-order valence-electron chi connectivity index (χ3n) is 2.59. The van der Waals surface area contributed by atoms with Gasteiger partial charge in [0.1, 0.15) is 12.0 Å². The van der Waals surface area contributed by atoms with Gasteiger partial charge in [0.2, 0.25) is 0 Å². The first-order valence-corrected chi connectivity index (χ1v) is 5.44. The van der Waals surface area contributed by atoms with Gasteiger partial charge in [0.15, 0.2) is 0 Å². The summed E-state index contributed by atoms with van der Waals surface area (Å²) in [5.41, 5.74) is 3.27. The van der Waals surface area contributed by atoms with E-state index in [1.165, 1.54) is 5.56 Å². The van der Waals surface area contributed by atoms with Crippen molar-refractivity contribution >= 4 is 6.01 Å². The van der Waals surface area contributed by atoms with Crippen LogP contribution in [0.25, 0.3) is 11.3 Å². The molecule has 0 atom stereocenters. The van der Waals surface area contributed by atoms with Crippen molar-refractivity contribution in [3.05, 3.63) is 36.1 Å². The van der Waals surface area contributed by atoms with E-state index in [1.807, 2.05) is 0 Å². The molecule has 0 amide bonds. The van der Waals surface area contributed by atoms with Crippen LogP contribution in [0.5, 0.6) is 0 Å². The number of hydrogen-bond acceptors (Lipinski definition) is 3. The molecule has 0 fully saturated rings. The van der Waals surface area contributed by atoms with Gasteiger partial charge in [0.05, 0.1) is 0 Å². The lowest BCUT2D eigenvalue weighted by atomic mass is 10.0. The first-order chi connectivity index (χ1) is 7.70. The highest BCUT2D eigenvalue weighted by Crippen LogP contribution is 2.23. The number of anilines is 1. The van der Waals surface area contributed by atoms with Crippen LogP contribution in [0.3, 0.4) is 0 Å². The van der Waals surface area contributed by atoms with Gasteiger partial charge in [-0.3, -0.25) is 0 Å². The summed E-state index contributed by atoms with van der Waals surface area (Å²) in [6, 6.07) is 8.96. The zero-order valence-corrected chi connectivity index (χ0v) is 9.82. The lowest BCUT2D eigenvalue weighted by molar-refractivity contribution is 0.576. The topological polar surface area (TPSA) is 38.1 Å². The maximum atomic E-state index is 5.22. The summed E-state index contributed by atoms with van der Waals surface area (Å²) in [5, 5.41) is 2.87. The third kappa shape index (κ3) is 2.08. The van der Waals surface area contributed by atoms with Crippen LogP contribution in [-0.2, 0) is 0 Å². The lowest BCUT2D eigenvalue weighted by Gasteiger charge is -2.04. The van der Waals surface area contributed by atoms with Crippen molar-refractivity contribution in [3.8, 4) is 11.3 Å². The maximum Gasteiger partial charge on any atom is 0.294 e. The van der Waals surface area contributed by atoms with Gasteiger partial charge in [-0.1, -0.05) is 38.1 Å². The maximum absolute atomic E-state index is 5.22. The van der Waals surface area contributed by atoms with Crippen molar-refractivity contribution in [1.82, 2.24) is 4.98 Å². The molecule has 0 aliphatic rings. The summed E-state index contributed by atoms with van der Waals surface area (Å²) >= 11 is 0. The second kappa shape index (κ2) is 4.39. The van der Waals surface area contributed by atoms with E-state index in [0.29, 0.717) is 11.9 Å². The van der Waals surface area contributed by atoms with E-state index in [0.717, 1.165) is 11.3 Å². The minimum absolute atomic E-state index is 0.544. The number of benzene rings is 1. The van der Waals surface area contributed by atoms with Crippen molar-refractivity contribution < 1.29 is 4.42 Å². The molecular weight excluding hydrogens is 200 g/mol. The van der Waals surface area contributed by atoms with Crippen molar-refractivity contribution in [2.45, 2.75) is 19.8 Å². The molecule has 3 heteroatoms. The van der Waals surface area contributed by atoms with Crippen LogP contribution in [0.2, 0.25) is 0 Å². The Morgan fingerprint density at radius 1 is 1.19 bits per heavy atom. The molecule has 16 heavy (non-hydrogen) atoms. The largest absolute Gasteiger partial charge is 0.432 e. The molecule has 0 saturated heterocycles. The van der Waals surface area contributed by atoms with Gasteiger partial charge in [0, 0.05) is 12.6 Å². The van der Waals surface area contributed by atoms with E-state index in [9.17, 15) is 0 Å². The number of aromatic nitrogens is 1. The molecule has 0 radical (unpaired) electrons. The Labute approximate surface area is 95.5 Å². The van der Waals surface area contributed by atoms with E-state index in [-0.39, 0.29) is 0 Å². The van der Waals surface area contributed by atoms with Gasteiger partial charge in [-0.15, -0.1) is 0 Å². The molecule has 0 spiro atoms. The Balaban J connectivity index is 2.27. The van der Waals surface area contributed by atoms with Crippen molar-refractivity contribution in [3.63, 3.8) is 0 Å². The van der Waals surface area contributed by atoms with E-state index in [4.69, 9.17) is 4.42 Å². The number of hydrogen-bond donors (Lipinski definition) is 1. The molecule has 2 aromatic rings. The minimum Gasteiger partial charge on any atom is -0.432 e. The zero-order chi connectivity index (χ0) is 11.5. The molecule has 0 saturated carbocycles. The molecule has 0 aliphatic carbocycles. The molecule has 1 heterocycles. The molecule has 1 N–H and O–H groups in total. The summed E-state index contributed by atoms with van der Waals surface area (Å²) in [5.74, 6) is 0.555. The SMILES string of the molecule is CNc1nc(-c2ccc(C(C)C)cc2)co1. The van der Waals surface area contributed by atoms with Crippen molar-refractivity contribution in [2.75, 3.05) is 12.4 Å². The lowest BCUT2D eigenvalue weighted by Crippen LogP contribution is -1.88. The smallest absolute Gasteiger partial charge is 0.294 e. The molecule has 0 bridgehead atoms. The molecule has 84 valence electrons. The van der Waals surface area contributed by atoms with Crippen LogP contribution in [0.1, 0.15) is 25.3 Å². The fourth-order valence-electron chi connectivity index (χ4n) is 1.56. The summed E-state index contributed by atoms with van der Waals surface area (Å²) in [6.07, 6.45) is 1.66. The standard InChI is InChI=1S/C13H16N2O/c1-9(2)10-4-6-11(7-5-10)12-8-16-13(14-3)15-12/h4-9H,1-3H3,(H,14,15). The second-order valence-electron chi connectivity index (χ2n) is 4.06. The van der Waals surface area contributed by atoms with Gasteiger partial charge in [0.25, 0.3) is 6.01 Å². The van der Waals surface area contributed by atoms with E-state index in [1.54, 1.807) is 13.3 Å². The van der Waals surface area contributed by atoms with Crippen molar-refractivity contribution in [2.24, 2.45) is 0 Å². The summed E-state index contributed by atoms with van der Waals surface area (Å²) in [6.45, 7) is 4.37. The summed E-state index contributed by atoms with van der Waals surface area (Å²) < 4.78 is 5.22. The van der Waals surface area contributed by atoms with Gasteiger partial charge in [-0.2, -0.15) is 4.98 Å². The molecule has 0 aliphatic heterocycles. The Morgan fingerprint density at radius 2 is 1.88 bits per heavy atom. The zero-order valence-electron chi connectivity index (χ0n) is 9.82. The highest BCUT2D eigenvalue weighted by molar-refractivity contribution is 5.59. The van der Waals surface area contributed by atoms with Crippen molar-refractivity contribution in [1.29, 1.82) is 0 Å². The molecule has 1 aromatic heterocycles. The fourth-order valence-corrected chi connectivity index (χ4v) is 1.56. The predicted molar refractivity (Wildman–Crippen MR) is 65.6 cm³/mol. The van der Waals surface area contributed by atoms with Gasteiger partial charge >= 0.3 is 0 Å². The van der Waals surface area contributed by atoms with E-state index in [2.05, 4.69) is 48.4 Å². The first-order valence-electron chi connectivity index (χ1n) is 5.44. The number of rotatable bonds is 3. The molecule has 0 unspecified atom stereocenters. The Bertz CT molecular complexity index is 457. The molecular formula is C13H16N2O. The Kier molecular flexibility index (Phi) is 2.95. The highest BCUT2D eigenvalue weighted by atomic mass is 16.4. The normalized spacial score (nSPS) is 10.8. The van der Waals surface area contributed by atoms with Gasteiger partial charge in [-0.25, -0.2) is 0 Å². The average molecular weight is 216 g/mol. The predicted octanol–water partition coefficient (Wildman–Crippen LogP) is 3.51. The van der Waals surface area contributed by atoms with Crippen LogP contribution in [0.15, 0.2) is 34.9 Å². The van der Waals surface area contributed by atoms with Crippen LogP contribution < -0.4 is 5.32 Å². The van der Waals surface area contributed by atoms with Crippen LogP contribution in [0, 0.1) is 0 Å². The molecule has 1 aromatic carbocycles. The van der Waals surface area contributed by atoms with Gasteiger partial charge in [-0.05, 0) is 11.5 Å². The Morgan fingerprint density at radius 3 is 2.38 bits per heavy atom. The highest BCUT2D eigenvalue weighted by Gasteiger charge is 2.05. The minimum atomic E-state index is 0.544. The van der Waals surface area contributed by atoms with Crippen LogP contribution >= 0.6 is 0 Å². The Hall–Kier alpha value is -1.77.